The van der Waals surface area contributed by atoms with Crippen molar-refractivity contribution in [1.29, 1.82) is 0 Å². The minimum absolute atomic E-state index is 0.0813. The second kappa shape index (κ2) is 14.3. The lowest BCUT2D eigenvalue weighted by atomic mass is 9.88. The Hall–Kier alpha value is -4.20. The van der Waals surface area contributed by atoms with Gasteiger partial charge in [0.25, 0.3) is 0 Å². The number of hydrogen-bond acceptors (Lipinski definition) is 6. The number of fused-ring (bicyclic) bond motifs is 1. The van der Waals surface area contributed by atoms with Gasteiger partial charge in [-0.3, -0.25) is 9.69 Å². The molecule has 0 bridgehead atoms. The molecule has 1 amide bonds. The first-order valence-corrected chi connectivity index (χ1v) is 15.7. The van der Waals surface area contributed by atoms with Crippen molar-refractivity contribution in [3.63, 3.8) is 0 Å². The van der Waals surface area contributed by atoms with Gasteiger partial charge in [0.15, 0.2) is 5.65 Å². The number of aromatic nitrogens is 3. The van der Waals surface area contributed by atoms with Gasteiger partial charge in [-0.1, -0.05) is 68.7 Å². The fraction of sp³-hybridized carbons (Fsp3) is 0.429. The van der Waals surface area contributed by atoms with Crippen LogP contribution in [0.15, 0.2) is 66.7 Å². The molecule has 226 valence electrons. The number of aryl methyl sites for hydroxylation is 1. The predicted octanol–water partition coefficient (Wildman–Crippen LogP) is 7.05. The zero-order chi connectivity index (χ0) is 30.2. The Bertz CT molecular complexity index is 1510. The summed E-state index contributed by atoms with van der Waals surface area (Å²) in [6.45, 7) is 7.38. The van der Waals surface area contributed by atoms with E-state index in [0.717, 1.165) is 66.6 Å². The van der Waals surface area contributed by atoms with Gasteiger partial charge in [0, 0.05) is 24.4 Å². The van der Waals surface area contributed by atoms with Gasteiger partial charge < -0.3 is 14.0 Å². The van der Waals surface area contributed by atoms with Gasteiger partial charge in [-0.05, 0) is 62.9 Å². The first-order valence-electron chi connectivity index (χ1n) is 15.7. The van der Waals surface area contributed by atoms with Crippen molar-refractivity contribution in [2.45, 2.75) is 78.4 Å². The summed E-state index contributed by atoms with van der Waals surface area (Å²) in [5.41, 5.74) is 3.40. The Labute approximate surface area is 254 Å². The molecular formula is C35H42N4O4. The molecule has 0 N–H and O–H groups in total. The number of esters is 1. The zero-order valence-corrected chi connectivity index (χ0v) is 25.5. The average Bonchev–Trinajstić information content (AvgIpc) is 3.38. The maximum atomic E-state index is 13.4. The highest BCUT2D eigenvalue weighted by molar-refractivity contribution is 5.95. The summed E-state index contributed by atoms with van der Waals surface area (Å²) in [6.07, 6.45) is 6.30. The van der Waals surface area contributed by atoms with E-state index in [1.807, 2.05) is 78.6 Å². The Morgan fingerprint density at radius 2 is 1.67 bits per heavy atom. The molecule has 8 heteroatoms. The van der Waals surface area contributed by atoms with Crippen LogP contribution in [-0.2, 0) is 27.3 Å². The number of anilines is 1. The minimum atomic E-state index is -0.846. The summed E-state index contributed by atoms with van der Waals surface area (Å²) in [7, 11) is 0. The molecule has 0 aliphatic heterocycles. The number of amides is 1. The maximum Gasteiger partial charge on any atom is 0.352 e. The van der Waals surface area contributed by atoms with Crippen molar-refractivity contribution in [2.24, 2.45) is 5.92 Å². The van der Waals surface area contributed by atoms with E-state index in [9.17, 15) is 9.59 Å². The smallest absolute Gasteiger partial charge is 0.352 e. The van der Waals surface area contributed by atoms with Gasteiger partial charge in [0.2, 0.25) is 12.0 Å². The van der Waals surface area contributed by atoms with Gasteiger partial charge >= 0.3 is 5.97 Å². The molecular weight excluding hydrogens is 540 g/mol. The van der Waals surface area contributed by atoms with Crippen LogP contribution in [0.1, 0.15) is 82.4 Å². The second-order valence-corrected chi connectivity index (χ2v) is 11.1. The summed E-state index contributed by atoms with van der Waals surface area (Å²) in [5.74, 6) is 2.07. The van der Waals surface area contributed by atoms with Crippen molar-refractivity contribution >= 4 is 28.9 Å². The lowest BCUT2D eigenvalue weighted by Crippen LogP contribution is -2.37. The number of imidazole rings is 1. The van der Waals surface area contributed by atoms with E-state index >= 15 is 0 Å². The highest BCUT2D eigenvalue weighted by Gasteiger charge is 2.28. The van der Waals surface area contributed by atoms with E-state index < -0.39 is 12.1 Å². The molecule has 4 aromatic rings. The number of rotatable bonds is 12. The average molecular weight is 583 g/mol. The molecule has 8 nitrogen and oxygen atoms in total. The normalized spacial score (nSPS) is 14.4. The third-order valence-electron chi connectivity index (χ3n) is 8.06. The monoisotopic (exact) mass is 582 g/mol. The fourth-order valence-electron chi connectivity index (χ4n) is 5.86. The predicted molar refractivity (Wildman–Crippen MR) is 168 cm³/mol. The van der Waals surface area contributed by atoms with Crippen molar-refractivity contribution < 1.29 is 19.1 Å². The van der Waals surface area contributed by atoms with Gasteiger partial charge in [-0.25, -0.2) is 14.8 Å². The SMILES string of the molecule is CCCc1nc2ccc(N(CC)C(=O)C3CCCCC3)nc2n1Cc1ccc(OC(C(=O)OCC)c2ccccc2)cc1. The van der Waals surface area contributed by atoms with E-state index in [4.69, 9.17) is 19.4 Å². The molecule has 2 heterocycles. The van der Waals surface area contributed by atoms with Gasteiger partial charge in [-0.15, -0.1) is 0 Å². The molecule has 1 saturated carbocycles. The van der Waals surface area contributed by atoms with Crippen molar-refractivity contribution in [3.8, 4) is 5.75 Å². The number of benzene rings is 2. The summed E-state index contributed by atoms with van der Waals surface area (Å²) in [5, 5.41) is 0. The molecule has 1 unspecified atom stereocenters. The molecule has 0 spiro atoms. The summed E-state index contributed by atoms with van der Waals surface area (Å²) < 4.78 is 13.6. The second-order valence-electron chi connectivity index (χ2n) is 11.1. The first kappa shape index (κ1) is 30.3. The quantitative estimate of drug-likeness (QED) is 0.166. The van der Waals surface area contributed by atoms with Crippen LogP contribution in [0.4, 0.5) is 5.82 Å². The van der Waals surface area contributed by atoms with Crippen LogP contribution in [0, 0.1) is 5.92 Å². The molecule has 1 fully saturated rings. The molecule has 1 aliphatic rings. The molecule has 0 saturated heterocycles. The standard InChI is InChI=1S/C35H42N4O4/c1-4-13-30-36-29-22-23-31(38(5-2)34(40)27-16-11-8-12-17-27)37-33(29)39(30)24-25-18-20-28(21-19-25)43-32(35(41)42-6-3)26-14-9-7-10-15-26/h7,9-10,14-15,18-23,27,32H,4-6,8,11-13,16-17,24H2,1-3H3. The van der Waals surface area contributed by atoms with Crippen molar-refractivity contribution in [2.75, 3.05) is 18.1 Å². The molecule has 2 aromatic heterocycles. The molecule has 5 rings (SSSR count). The van der Waals surface area contributed by atoms with Crippen molar-refractivity contribution in [3.05, 3.63) is 83.7 Å². The minimum Gasteiger partial charge on any atom is -0.474 e. The van der Waals surface area contributed by atoms with Crippen molar-refractivity contribution in [1.82, 2.24) is 14.5 Å². The largest absolute Gasteiger partial charge is 0.474 e. The van der Waals surface area contributed by atoms with Crippen LogP contribution >= 0.6 is 0 Å². The Balaban J connectivity index is 1.39. The molecule has 2 aromatic carbocycles. The topological polar surface area (TPSA) is 86.5 Å². The van der Waals surface area contributed by atoms with E-state index in [2.05, 4.69) is 11.5 Å². The van der Waals surface area contributed by atoms with Crippen LogP contribution in [0.2, 0.25) is 0 Å². The first-order chi connectivity index (χ1) is 21.0. The highest BCUT2D eigenvalue weighted by Crippen LogP contribution is 2.29. The van der Waals surface area contributed by atoms with Crippen LogP contribution in [0.25, 0.3) is 11.2 Å². The number of pyridine rings is 1. The molecule has 0 radical (unpaired) electrons. The lowest BCUT2D eigenvalue weighted by molar-refractivity contribution is -0.151. The zero-order valence-electron chi connectivity index (χ0n) is 25.5. The Kier molecular flexibility index (Phi) is 10.1. The number of nitrogens with zero attached hydrogens (tertiary/aromatic N) is 4. The van der Waals surface area contributed by atoms with E-state index in [0.29, 0.717) is 24.7 Å². The van der Waals surface area contributed by atoms with Crippen LogP contribution < -0.4 is 9.64 Å². The lowest BCUT2D eigenvalue weighted by Gasteiger charge is -2.27. The number of carbonyl (C=O) groups excluding carboxylic acids is 2. The summed E-state index contributed by atoms with van der Waals surface area (Å²) >= 11 is 0. The third-order valence-corrected chi connectivity index (χ3v) is 8.06. The highest BCUT2D eigenvalue weighted by atomic mass is 16.6. The molecule has 1 aliphatic carbocycles. The third kappa shape index (κ3) is 7.07. The maximum absolute atomic E-state index is 13.4. The summed E-state index contributed by atoms with van der Waals surface area (Å²) in [6, 6.07) is 21.0. The fourth-order valence-corrected chi connectivity index (χ4v) is 5.86. The van der Waals surface area contributed by atoms with Crippen LogP contribution in [0.3, 0.4) is 0 Å². The van der Waals surface area contributed by atoms with E-state index in [-0.39, 0.29) is 18.4 Å². The van der Waals surface area contributed by atoms with Crippen LogP contribution in [0.5, 0.6) is 5.75 Å². The number of ether oxygens (including phenoxy) is 2. The van der Waals surface area contributed by atoms with Crippen LogP contribution in [-0.4, -0.2) is 39.6 Å². The number of carbonyl (C=O) groups is 2. The van der Waals surface area contributed by atoms with Gasteiger partial charge in [0.05, 0.1) is 13.2 Å². The Morgan fingerprint density at radius 1 is 0.930 bits per heavy atom. The van der Waals surface area contributed by atoms with E-state index in [1.54, 1.807) is 6.92 Å². The van der Waals surface area contributed by atoms with Gasteiger partial charge in [-0.2, -0.15) is 0 Å². The van der Waals surface area contributed by atoms with Gasteiger partial charge in [0.1, 0.15) is 22.9 Å². The van der Waals surface area contributed by atoms with E-state index in [1.165, 1.54) is 6.42 Å². The molecule has 43 heavy (non-hydrogen) atoms. The Morgan fingerprint density at radius 3 is 2.35 bits per heavy atom. The summed E-state index contributed by atoms with van der Waals surface area (Å²) in [4.78, 5) is 37.9. The molecule has 1 atom stereocenters. The number of hydrogen-bond donors (Lipinski definition) is 0.